The number of methoxy groups -OCH3 is 1. The van der Waals surface area contributed by atoms with E-state index >= 15 is 0 Å². The average molecular weight is 295 g/mol. The van der Waals surface area contributed by atoms with Crippen LogP contribution in [0.15, 0.2) is 47.9 Å². The lowest BCUT2D eigenvalue weighted by Crippen LogP contribution is -1.93. The molecule has 0 saturated heterocycles. The van der Waals surface area contributed by atoms with E-state index in [2.05, 4.69) is 10.2 Å². The third kappa shape index (κ3) is 1.54. The minimum Gasteiger partial charge on any atom is -0.504 e. The monoisotopic (exact) mass is 295 g/mol. The number of nitroso groups, excluding NO2 is 1. The third-order valence-electron chi connectivity index (χ3n) is 4.05. The second-order valence-corrected chi connectivity index (χ2v) is 5.16. The van der Waals surface area contributed by atoms with Crippen molar-refractivity contribution < 1.29 is 9.84 Å². The summed E-state index contributed by atoms with van der Waals surface area (Å²) in [5.41, 5.74) is 4.25. The minimum atomic E-state index is -0.523. The Bertz CT molecular complexity index is 879. The summed E-state index contributed by atoms with van der Waals surface area (Å²) >= 11 is 0. The number of benzene rings is 1. The molecule has 0 radical (unpaired) electrons. The predicted octanol–water partition coefficient (Wildman–Crippen LogP) is 3.36. The first-order valence-electron chi connectivity index (χ1n) is 6.83. The van der Waals surface area contributed by atoms with Crippen molar-refractivity contribution in [1.29, 1.82) is 0 Å². The molecule has 22 heavy (non-hydrogen) atoms. The number of aromatic nitrogens is 2. The van der Waals surface area contributed by atoms with E-state index in [0.29, 0.717) is 5.75 Å². The van der Waals surface area contributed by atoms with Gasteiger partial charge in [-0.15, -0.1) is 4.91 Å². The van der Waals surface area contributed by atoms with Gasteiger partial charge in [0.15, 0.2) is 17.5 Å². The van der Waals surface area contributed by atoms with Gasteiger partial charge < -0.3 is 19.4 Å². The zero-order chi connectivity index (χ0) is 15.3. The molecule has 1 atom stereocenters. The maximum atomic E-state index is 11.2. The molecule has 0 bridgehead atoms. The molecule has 1 aliphatic rings. The molecule has 3 aromatic rings. The molecule has 1 unspecified atom stereocenters. The molecule has 6 nitrogen and oxygen atoms in total. The van der Waals surface area contributed by atoms with E-state index in [1.165, 1.54) is 7.11 Å². The van der Waals surface area contributed by atoms with Crippen LogP contribution in [0.3, 0.4) is 0 Å². The van der Waals surface area contributed by atoms with Gasteiger partial charge in [0.05, 0.1) is 24.2 Å². The minimum absolute atomic E-state index is 0.0748. The van der Waals surface area contributed by atoms with Gasteiger partial charge in [-0.2, -0.15) is 0 Å². The largest absolute Gasteiger partial charge is 0.504 e. The smallest absolute Gasteiger partial charge is 0.174 e. The SMILES string of the molecule is COc1ccc(-c2c[nH]c3c2-n2cccc2C3N=O)cc1O. The lowest BCUT2D eigenvalue weighted by Gasteiger charge is -2.08. The van der Waals surface area contributed by atoms with Crippen molar-refractivity contribution in [2.45, 2.75) is 6.04 Å². The molecule has 3 heterocycles. The molecule has 0 saturated carbocycles. The summed E-state index contributed by atoms with van der Waals surface area (Å²) in [6, 6.07) is 8.48. The van der Waals surface area contributed by atoms with Gasteiger partial charge in [-0.25, -0.2) is 0 Å². The van der Waals surface area contributed by atoms with Crippen molar-refractivity contribution in [3.05, 3.63) is 59.0 Å². The number of fused-ring (bicyclic) bond motifs is 3. The van der Waals surface area contributed by atoms with E-state index < -0.39 is 6.04 Å². The van der Waals surface area contributed by atoms with E-state index in [1.54, 1.807) is 12.1 Å². The zero-order valence-corrected chi connectivity index (χ0v) is 11.8. The Balaban J connectivity index is 1.91. The predicted molar refractivity (Wildman–Crippen MR) is 81.4 cm³/mol. The van der Waals surface area contributed by atoms with Gasteiger partial charge in [0, 0.05) is 18.0 Å². The highest BCUT2D eigenvalue weighted by Gasteiger charge is 2.33. The van der Waals surface area contributed by atoms with Gasteiger partial charge >= 0.3 is 0 Å². The van der Waals surface area contributed by atoms with Crippen LogP contribution in [0.4, 0.5) is 0 Å². The summed E-state index contributed by atoms with van der Waals surface area (Å²) in [5, 5.41) is 13.2. The Kier molecular flexibility index (Phi) is 2.59. The fourth-order valence-corrected chi connectivity index (χ4v) is 3.05. The van der Waals surface area contributed by atoms with Crippen molar-refractivity contribution in [1.82, 2.24) is 9.55 Å². The highest BCUT2D eigenvalue weighted by molar-refractivity contribution is 5.78. The van der Waals surface area contributed by atoms with Crippen molar-refractivity contribution in [2.24, 2.45) is 5.18 Å². The number of aromatic hydroxyl groups is 1. The van der Waals surface area contributed by atoms with Gasteiger partial charge in [-0.3, -0.25) is 0 Å². The van der Waals surface area contributed by atoms with Gasteiger partial charge in [0.2, 0.25) is 0 Å². The lowest BCUT2D eigenvalue weighted by atomic mass is 10.1. The van der Waals surface area contributed by atoms with Gasteiger partial charge in [0.1, 0.15) is 0 Å². The molecule has 0 aliphatic carbocycles. The number of rotatable bonds is 3. The van der Waals surface area contributed by atoms with Crippen LogP contribution in [0.2, 0.25) is 0 Å². The van der Waals surface area contributed by atoms with Crippen LogP contribution in [0, 0.1) is 4.91 Å². The molecule has 110 valence electrons. The molecule has 0 spiro atoms. The molecule has 0 fully saturated rings. The summed E-state index contributed by atoms with van der Waals surface area (Å²) in [6.45, 7) is 0. The molecule has 2 aromatic heterocycles. The molecular weight excluding hydrogens is 282 g/mol. The number of aromatic amines is 1. The molecule has 1 aliphatic heterocycles. The fraction of sp³-hybridized carbons (Fsp3) is 0.125. The summed E-state index contributed by atoms with van der Waals surface area (Å²) in [7, 11) is 1.51. The normalized spacial score (nSPS) is 15.4. The van der Waals surface area contributed by atoms with Crippen molar-refractivity contribution >= 4 is 0 Å². The Morgan fingerprint density at radius 3 is 2.95 bits per heavy atom. The van der Waals surface area contributed by atoms with E-state index in [9.17, 15) is 10.0 Å². The Hall–Kier alpha value is -3.02. The first-order valence-corrected chi connectivity index (χ1v) is 6.83. The Morgan fingerprint density at radius 2 is 2.23 bits per heavy atom. The van der Waals surface area contributed by atoms with E-state index in [1.807, 2.05) is 35.2 Å². The highest BCUT2D eigenvalue weighted by atomic mass is 16.5. The summed E-state index contributed by atoms with van der Waals surface area (Å²) < 4.78 is 7.02. The number of hydrogen-bond donors (Lipinski definition) is 2. The summed E-state index contributed by atoms with van der Waals surface area (Å²) in [4.78, 5) is 14.3. The second kappa shape index (κ2) is 4.49. The first kappa shape index (κ1) is 12.7. The maximum absolute atomic E-state index is 11.2. The molecule has 4 rings (SSSR count). The number of phenolic OH excluding ortho intramolecular Hbond substituents is 1. The lowest BCUT2D eigenvalue weighted by molar-refractivity contribution is 0.373. The average Bonchev–Trinajstić information content (AvgIpc) is 3.18. The van der Waals surface area contributed by atoms with E-state index in [4.69, 9.17) is 4.74 Å². The van der Waals surface area contributed by atoms with E-state index in [-0.39, 0.29) is 5.75 Å². The Morgan fingerprint density at radius 1 is 1.36 bits per heavy atom. The van der Waals surface area contributed by atoms with Crippen LogP contribution >= 0.6 is 0 Å². The van der Waals surface area contributed by atoms with Gasteiger partial charge in [-0.05, 0) is 29.8 Å². The number of phenols is 1. The third-order valence-corrected chi connectivity index (χ3v) is 4.05. The summed E-state index contributed by atoms with van der Waals surface area (Å²) in [6.07, 6.45) is 3.73. The van der Waals surface area contributed by atoms with Crippen molar-refractivity contribution in [3.63, 3.8) is 0 Å². The molecule has 6 heteroatoms. The van der Waals surface area contributed by atoms with Crippen LogP contribution < -0.4 is 4.74 Å². The topological polar surface area (TPSA) is 79.6 Å². The highest BCUT2D eigenvalue weighted by Crippen LogP contribution is 2.44. The second-order valence-electron chi connectivity index (χ2n) is 5.16. The van der Waals surface area contributed by atoms with Crippen molar-refractivity contribution in [3.8, 4) is 28.3 Å². The van der Waals surface area contributed by atoms with Crippen LogP contribution in [-0.4, -0.2) is 21.8 Å². The first-order chi connectivity index (χ1) is 10.7. The molecule has 1 aromatic carbocycles. The Labute approximate surface area is 126 Å². The van der Waals surface area contributed by atoms with Gasteiger partial charge in [0.25, 0.3) is 0 Å². The number of ether oxygens (including phenoxy) is 1. The number of hydrogen-bond acceptors (Lipinski definition) is 4. The van der Waals surface area contributed by atoms with E-state index in [0.717, 1.165) is 28.2 Å². The van der Waals surface area contributed by atoms with Gasteiger partial charge in [-0.1, -0.05) is 11.2 Å². The van der Waals surface area contributed by atoms with Crippen LogP contribution in [0.5, 0.6) is 11.5 Å². The number of H-pyrrole nitrogens is 1. The molecule has 0 amide bonds. The molecular formula is C16H13N3O3. The number of nitrogens with one attached hydrogen (secondary N) is 1. The van der Waals surface area contributed by atoms with Crippen LogP contribution in [0.25, 0.3) is 16.8 Å². The molecule has 2 N–H and O–H groups in total. The number of nitrogens with zero attached hydrogens (tertiary/aromatic N) is 2. The fourth-order valence-electron chi connectivity index (χ4n) is 3.05. The maximum Gasteiger partial charge on any atom is 0.174 e. The van der Waals surface area contributed by atoms with Crippen LogP contribution in [0.1, 0.15) is 17.4 Å². The summed E-state index contributed by atoms with van der Waals surface area (Å²) in [5.74, 6) is 0.496. The quantitative estimate of drug-likeness (QED) is 0.727. The standard InChI is InChI=1S/C16H13N3O3/c1-22-13-5-4-9(7-12(13)20)10-8-17-15-14(18-21)11-3-2-6-19(11)16(10)15/h2-8,14,17,20H,1H3. The van der Waals surface area contributed by atoms with Crippen molar-refractivity contribution in [2.75, 3.05) is 7.11 Å². The van der Waals surface area contributed by atoms with Crippen LogP contribution in [-0.2, 0) is 0 Å². The zero-order valence-electron chi connectivity index (χ0n) is 11.8.